The summed E-state index contributed by atoms with van der Waals surface area (Å²) in [6.07, 6.45) is 6.80. The van der Waals surface area contributed by atoms with Crippen molar-refractivity contribution in [1.82, 2.24) is 5.32 Å². The Labute approximate surface area is 122 Å². The molecule has 2 rings (SSSR count). The molecule has 1 aromatic carbocycles. The molecule has 3 unspecified atom stereocenters. The summed E-state index contributed by atoms with van der Waals surface area (Å²) in [4.78, 5) is 0. The van der Waals surface area contributed by atoms with E-state index in [1.165, 1.54) is 43.2 Å². The van der Waals surface area contributed by atoms with Gasteiger partial charge in [0.1, 0.15) is 0 Å². The fraction of sp³-hybridized carbons (Fsp3) is 0.647. The van der Waals surface area contributed by atoms with Crippen LogP contribution < -0.4 is 5.32 Å². The van der Waals surface area contributed by atoms with E-state index in [0.29, 0.717) is 6.04 Å². The fourth-order valence-corrected chi connectivity index (χ4v) is 3.93. The zero-order chi connectivity index (χ0) is 13.8. The number of hydrogen-bond acceptors (Lipinski definition) is 1. The molecular formula is C17H26ClN. The minimum atomic E-state index is 0.448. The Balaban J connectivity index is 2.30. The molecule has 1 N–H and O–H groups in total. The maximum absolute atomic E-state index is 6.30. The molecule has 1 nitrogen and oxygen atoms in total. The van der Waals surface area contributed by atoms with E-state index in [9.17, 15) is 0 Å². The Morgan fingerprint density at radius 2 is 2.05 bits per heavy atom. The largest absolute Gasteiger partial charge is 0.313 e. The molecule has 1 aliphatic carbocycles. The molecule has 0 radical (unpaired) electrons. The summed E-state index contributed by atoms with van der Waals surface area (Å²) >= 11 is 6.30. The highest BCUT2D eigenvalue weighted by Gasteiger charge is 2.31. The highest BCUT2D eigenvalue weighted by Crippen LogP contribution is 2.41. The van der Waals surface area contributed by atoms with Crippen molar-refractivity contribution in [3.63, 3.8) is 0 Å². The first-order valence-electron chi connectivity index (χ1n) is 7.61. The lowest BCUT2D eigenvalue weighted by atomic mass is 9.72. The third-order valence-corrected chi connectivity index (χ3v) is 5.29. The quantitative estimate of drug-likeness (QED) is 0.806. The van der Waals surface area contributed by atoms with Crippen LogP contribution in [0, 0.1) is 18.8 Å². The first kappa shape index (κ1) is 14.9. The van der Waals surface area contributed by atoms with Gasteiger partial charge >= 0.3 is 0 Å². The maximum atomic E-state index is 6.30. The third kappa shape index (κ3) is 3.14. The van der Waals surface area contributed by atoms with Gasteiger partial charge in [0.2, 0.25) is 0 Å². The summed E-state index contributed by atoms with van der Waals surface area (Å²) in [6, 6.07) is 6.76. The molecule has 1 aliphatic rings. The van der Waals surface area contributed by atoms with Gasteiger partial charge in [0.25, 0.3) is 0 Å². The van der Waals surface area contributed by atoms with Crippen molar-refractivity contribution in [3.05, 3.63) is 34.3 Å². The summed E-state index contributed by atoms with van der Waals surface area (Å²) in [5, 5.41) is 4.45. The molecule has 0 spiro atoms. The standard InChI is InChI=1S/C17H26ClN/c1-4-13-8-5-6-9-15(13)17(19-3)14-10-7-11-16(18)12(14)2/h7,10-11,13,15,17,19H,4-6,8-9H2,1-3H3. The van der Waals surface area contributed by atoms with Gasteiger partial charge in [0.15, 0.2) is 0 Å². The molecule has 1 aromatic rings. The molecule has 0 aromatic heterocycles. The van der Waals surface area contributed by atoms with E-state index in [1.807, 2.05) is 6.07 Å². The molecule has 3 atom stereocenters. The monoisotopic (exact) mass is 279 g/mol. The number of rotatable bonds is 4. The van der Waals surface area contributed by atoms with Crippen LogP contribution in [-0.4, -0.2) is 7.05 Å². The number of halogens is 1. The van der Waals surface area contributed by atoms with Gasteiger partial charge in [-0.3, -0.25) is 0 Å². The van der Waals surface area contributed by atoms with Gasteiger partial charge in [-0.2, -0.15) is 0 Å². The van der Waals surface area contributed by atoms with Crippen LogP contribution in [0.25, 0.3) is 0 Å². The lowest BCUT2D eigenvalue weighted by molar-refractivity contribution is 0.180. The van der Waals surface area contributed by atoms with Crippen LogP contribution in [0.5, 0.6) is 0 Å². The maximum Gasteiger partial charge on any atom is 0.0438 e. The second-order valence-electron chi connectivity index (χ2n) is 5.84. The second-order valence-corrected chi connectivity index (χ2v) is 6.24. The Morgan fingerprint density at radius 3 is 2.74 bits per heavy atom. The highest BCUT2D eigenvalue weighted by atomic mass is 35.5. The van der Waals surface area contributed by atoms with E-state index in [1.54, 1.807) is 0 Å². The normalized spacial score (nSPS) is 25.3. The van der Waals surface area contributed by atoms with E-state index < -0.39 is 0 Å². The predicted octanol–water partition coefficient (Wildman–Crippen LogP) is 5.13. The van der Waals surface area contributed by atoms with Gasteiger partial charge < -0.3 is 5.32 Å². The van der Waals surface area contributed by atoms with Crippen molar-refractivity contribution >= 4 is 11.6 Å². The van der Waals surface area contributed by atoms with E-state index >= 15 is 0 Å². The van der Waals surface area contributed by atoms with Gasteiger partial charge in [-0.15, -0.1) is 0 Å². The van der Waals surface area contributed by atoms with Crippen molar-refractivity contribution < 1.29 is 0 Å². The van der Waals surface area contributed by atoms with Gasteiger partial charge in [0.05, 0.1) is 0 Å². The Morgan fingerprint density at radius 1 is 1.32 bits per heavy atom. The molecule has 0 bridgehead atoms. The Bertz CT molecular complexity index is 416. The molecule has 0 saturated heterocycles. The molecule has 106 valence electrons. The van der Waals surface area contributed by atoms with Crippen molar-refractivity contribution in [1.29, 1.82) is 0 Å². The second kappa shape index (κ2) is 6.76. The van der Waals surface area contributed by atoms with Crippen LogP contribution in [0.1, 0.15) is 56.2 Å². The lowest BCUT2D eigenvalue weighted by Gasteiger charge is -2.37. The molecule has 0 amide bonds. The van der Waals surface area contributed by atoms with Crippen LogP contribution in [0.3, 0.4) is 0 Å². The van der Waals surface area contributed by atoms with Gasteiger partial charge in [-0.25, -0.2) is 0 Å². The zero-order valence-electron chi connectivity index (χ0n) is 12.4. The molecular weight excluding hydrogens is 254 g/mol. The van der Waals surface area contributed by atoms with Crippen LogP contribution in [0.4, 0.5) is 0 Å². The summed E-state index contributed by atoms with van der Waals surface area (Å²) in [5.74, 6) is 1.60. The average Bonchev–Trinajstić information content (AvgIpc) is 2.45. The minimum absolute atomic E-state index is 0.448. The van der Waals surface area contributed by atoms with Crippen molar-refractivity contribution in [2.75, 3.05) is 7.05 Å². The smallest absolute Gasteiger partial charge is 0.0438 e. The lowest BCUT2D eigenvalue weighted by Crippen LogP contribution is -2.33. The van der Waals surface area contributed by atoms with Gasteiger partial charge in [-0.1, -0.05) is 56.3 Å². The number of hydrogen-bond donors (Lipinski definition) is 1. The molecule has 2 heteroatoms. The van der Waals surface area contributed by atoms with Gasteiger partial charge in [-0.05, 0) is 49.4 Å². The fourth-order valence-electron chi connectivity index (χ4n) is 3.74. The number of nitrogens with one attached hydrogen (secondary N) is 1. The molecule has 1 fully saturated rings. The van der Waals surface area contributed by atoms with Crippen LogP contribution >= 0.6 is 11.6 Å². The molecule has 19 heavy (non-hydrogen) atoms. The summed E-state index contributed by atoms with van der Waals surface area (Å²) in [5.41, 5.74) is 2.63. The Kier molecular flexibility index (Phi) is 5.29. The van der Waals surface area contributed by atoms with E-state index in [2.05, 4.69) is 38.3 Å². The topological polar surface area (TPSA) is 12.0 Å². The summed E-state index contributed by atoms with van der Waals surface area (Å²) in [6.45, 7) is 4.48. The van der Waals surface area contributed by atoms with Crippen molar-refractivity contribution in [2.24, 2.45) is 11.8 Å². The van der Waals surface area contributed by atoms with Gasteiger partial charge in [0, 0.05) is 11.1 Å². The molecule has 1 saturated carbocycles. The summed E-state index contributed by atoms with van der Waals surface area (Å²) < 4.78 is 0. The van der Waals surface area contributed by atoms with E-state index in [0.717, 1.165) is 16.9 Å². The summed E-state index contributed by atoms with van der Waals surface area (Å²) in [7, 11) is 2.09. The Hall–Kier alpha value is -0.530. The average molecular weight is 280 g/mol. The van der Waals surface area contributed by atoms with Crippen LogP contribution in [0.15, 0.2) is 18.2 Å². The minimum Gasteiger partial charge on any atom is -0.313 e. The zero-order valence-corrected chi connectivity index (χ0v) is 13.1. The van der Waals surface area contributed by atoms with Crippen molar-refractivity contribution in [2.45, 2.75) is 52.0 Å². The molecule has 0 aliphatic heterocycles. The predicted molar refractivity (Wildman–Crippen MR) is 83.7 cm³/mol. The van der Waals surface area contributed by atoms with E-state index in [-0.39, 0.29) is 0 Å². The molecule has 0 heterocycles. The first-order chi connectivity index (χ1) is 9.19. The SMILES string of the molecule is CCC1CCCCC1C(NC)c1cccc(Cl)c1C. The van der Waals surface area contributed by atoms with Crippen molar-refractivity contribution in [3.8, 4) is 0 Å². The van der Waals surface area contributed by atoms with Crippen LogP contribution in [-0.2, 0) is 0 Å². The highest BCUT2D eigenvalue weighted by molar-refractivity contribution is 6.31. The first-order valence-corrected chi connectivity index (χ1v) is 7.99. The van der Waals surface area contributed by atoms with Crippen LogP contribution in [0.2, 0.25) is 5.02 Å². The third-order valence-electron chi connectivity index (χ3n) is 4.88. The number of benzene rings is 1. The van der Waals surface area contributed by atoms with E-state index in [4.69, 9.17) is 11.6 Å².